The number of carbonyl (C=O) groups excluding carboxylic acids is 1. The molecule has 0 spiro atoms. The average Bonchev–Trinajstić information content (AvgIpc) is 2.80. The maximum atomic E-state index is 11.2. The number of aliphatic carboxylic acids is 1. The number of hydrogen-bond donors (Lipinski definition) is 2. The van der Waals surface area contributed by atoms with Crippen molar-refractivity contribution in [2.45, 2.75) is 0 Å². The fourth-order valence-corrected chi connectivity index (χ4v) is 3.14. The molecule has 0 heterocycles. The second-order valence-corrected chi connectivity index (χ2v) is 7.16. The van der Waals surface area contributed by atoms with E-state index < -0.39 is 11.8 Å². The van der Waals surface area contributed by atoms with Crippen LogP contribution in [0.2, 0.25) is 0 Å². The molecule has 0 aliphatic carbocycles. The molecular formula is C24H24Cl2N2O3. The minimum Gasteiger partial charge on any atom is -0.475 e. The van der Waals surface area contributed by atoms with Gasteiger partial charge in [0.1, 0.15) is 0 Å². The van der Waals surface area contributed by atoms with Gasteiger partial charge in [-0.05, 0) is 48.5 Å². The van der Waals surface area contributed by atoms with Crippen LogP contribution in [0.25, 0.3) is 0 Å². The zero-order chi connectivity index (χ0) is 22.5. The lowest BCUT2D eigenvalue weighted by molar-refractivity contribution is -0.131. The van der Waals surface area contributed by atoms with E-state index in [4.69, 9.17) is 28.3 Å². The van der Waals surface area contributed by atoms with Crippen LogP contribution in [0.1, 0.15) is 10.4 Å². The first-order valence-electron chi connectivity index (χ1n) is 9.67. The lowest BCUT2D eigenvalue weighted by atomic mass is 10.1. The number of carbonyl (C=O) groups is 2. The summed E-state index contributed by atoms with van der Waals surface area (Å²) < 4.78 is 0. The summed E-state index contributed by atoms with van der Waals surface area (Å²) in [6, 6.07) is 26.6. The molecule has 0 aliphatic rings. The van der Waals surface area contributed by atoms with Crippen molar-refractivity contribution in [3.8, 4) is 0 Å². The number of carboxylic acids is 1. The molecule has 2 N–H and O–H groups in total. The predicted molar refractivity (Wildman–Crippen MR) is 128 cm³/mol. The smallest absolute Gasteiger partial charge is 0.377 e. The van der Waals surface area contributed by atoms with Crippen molar-refractivity contribution < 1.29 is 14.7 Å². The highest BCUT2D eigenvalue weighted by Gasteiger charge is 2.14. The van der Waals surface area contributed by atoms with Crippen molar-refractivity contribution >= 4 is 52.0 Å². The first-order valence-corrected chi connectivity index (χ1v) is 10.7. The molecule has 7 heteroatoms. The van der Waals surface area contributed by atoms with E-state index in [0.717, 1.165) is 17.1 Å². The van der Waals surface area contributed by atoms with Gasteiger partial charge >= 0.3 is 5.97 Å². The summed E-state index contributed by atoms with van der Waals surface area (Å²) in [7, 11) is 0. The van der Waals surface area contributed by atoms with E-state index in [1.165, 1.54) is 12.1 Å². The minimum absolute atomic E-state index is 0.156. The van der Waals surface area contributed by atoms with Crippen molar-refractivity contribution in [1.82, 2.24) is 0 Å². The Bertz CT molecular complexity index is 893. The maximum Gasteiger partial charge on any atom is 0.377 e. The standard InChI is InChI=1S/C12H13Cl2NO3.C12H11N/c13-5-7-15(8-6-14)10-3-1-9(2-4-10)11(16)12(17)18;1-3-7-11(8-4-1)13-12-9-5-2-6-10-12/h1-4H,5-8H2,(H,17,18);1-10,13H. The molecule has 0 bridgehead atoms. The zero-order valence-corrected chi connectivity index (χ0v) is 18.4. The van der Waals surface area contributed by atoms with Crippen LogP contribution < -0.4 is 10.2 Å². The number of rotatable bonds is 9. The van der Waals surface area contributed by atoms with Crippen molar-refractivity contribution in [3.63, 3.8) is 0 Å². The summed E-state index contributed by atoms with van der Waals surface area (Å²) >= 11 is 11.4. The molecule has 0 unspecified atom stereocenters. The monoisotopic (exact) mass is 458 g/mol. The fraction of sp³-hybridized carbons (Fsp3) is 0.167. The zero-order valence-electron chi connectivity index (χ0n) is 16.9. The molecule has 0 fully saturated rings. The number of nitrogens with zero attached hydrogens (tertiary/aromatic N) is 1. The number of para-hydroxylation sites is 2. The van der Waals surface area contributed by atoms with Crippen LogP contribution in [-0.2, 0) is 4.79 Å². The number of benzene rings is 3. The van der Waals surface area contributed by atoms with E-state index in [1.807, 2.05) is 65.6 Å². The van der Waals surface area contributed by atoms with Crippen molar-refractivity contribution in [1.29, 1.82) is 0 Å². The van der Waals surface area contributed by atoms with Crippen LogP contribution in [0.3, 0.4) is 0 Å². The number of alkyl halides is 2. The van der Waals surface area contributed by atoms with Gasteiger partial charge in [0.05, 0.1) is 0 Å². The van der Waals surface area contributed by atoms with E-state index in [9.17, 15) is 9.59 Å². The Labute approximate surface area is 192 Å². The predicted octanol–water partition coefficient (Wildman–Crippen LogP) is 5.67. The van der Waals surface area contributed by atoms with Gasteiger partial charge in [-0.1, -0.05) is 36.4 Å². The largest absolute Gasteiger partial charge is 0.475 e. The summed E-state index contributed by atoms with van der Waals surface area (Å²) in [5.74, 6) is -1.44. The summed E-state index contributed by atoms with van der Waals surface area (Å²) in [5.41, 5.74) is 3.25. The number of Topliss-reactive ketones (excluding diaryl/α,β-unsaturated/α-hetero) is 1. The van der Waals surface area contributed by atoms with Gasteiger partial charge in [-0.15, -0.1) is 23.2 Å². The van der Waals surface area contributed by atoms with E-state index in [2.05, 4.69) is 5.32 Å². The molecule has 3 rings (SSSR count). The molecule has 0 radical (unpaired) electrons. The van der Waals surface area contributed by atoms with Crippen LogP contribution >= 0.6 is 23.2 Å². The topological polar surface area (TPSA) is 69.6 Å². The van der Waals surface area contributed by atoms with Crippen LogP contribution in [-0.4, -0.2) is 41.7 Å². The molecule has 31 heavy (non-hydrogen) atoms. The second-order valence-electron chi connectivity index (χ2n) is 6.40. The average molecular weight is 459 g/mol. The minimum atomic E-state index is -1.46. The third-order valence-corrected chi connectivity index (χ3v) is 4.57. The molecular weight excluding hydrogens is 435 g/mol. The third kappa shape index (κ3) is 8.32. The van der Waals surface area contributed by atoms with Gasteiger partial charge in [0, 0.05) is 47.5 Å². The Hall–Kier alpha value is -3.02. The van der Waals surface area contributed by atoms with Gasteiger partial charge in [0.2, 0.25) is 0 Å². The van der Waals surface area contributed by atoms with Crippen LogP contribution in [0.4, 0.5) is 17.1 Å². The first-order chi connectivity index (χ1) is 15.0. The summed E-state index contributed by atoms with van der Waals surface area (Å²) in [4.78, 5) is 23.7. The summed E-state index contributed by atoms with van der Waals surface area (Å²) in [5, 5.41) is 11.9. The Morgan fingerprint density at radius 1 is 0.742 bits per heavy atom. The highest BCUT2D eigenvalue weighted by molar-refractivity contribution is 6.39. The Kier molecular flexibility index (Phi) is 10.4. The third-order valence-electron chi connectivity index (χ3n) is 4.23. The SMILES string of the molecule is O=C(O)C(=O)c1ccc(N(CCCl)CCCl)cc1.c1ccc(Nc2ccccc2)cc1. The molecule has 5 nitrogen and oxygen atoms in total. The van der Waals surface area contributed by atoms with Crippen LogP contribution in [0.5, 0.6) is 0 Å². The fourth-order valence-electron chi connectivity index (χ4n) is 2.73. The molecule has 0 amide bonds. The van der Waals surface area contributed by atoms with Gasteiger partial charge < -0.3 is 15.3 Å². The number of hydrogen-bond acceptors (Lipinski definition) is 4. The van der Waals surface area contributed by atoms with Crippen molar-refractivity contribution in [2.75, 3.05) is 35.1 Å². The second kappa shape index (κ2) is 13.3. The molecule has 0 aromatic heterocycles. The van der Waals surface area contributed by atoms with E-state index in [0.29, 0.717) is 24.8 Å². The highest BCUT2D eigenvalue weighted by Crippen LogP contribution is 2.16. The Morgan fingerprint density at radius 2 is 1.19 bits per heavy atom. The normalized spacial score (nSPS) is 9.87. The highest BCUT2D eigenvalue weighted by atomic mass is 35.5. The van der Waals surface area contributed by atoms with E-state index in [-0.39, 0.29) is 5.56 Å². The number of halogens is 2. The molecule has 0 saturated carbocycles. The van der Waals surface area contributed by atoms with E-state index in [1.54, 1.807) is 12.1 Å². The Balaban J connectivity index is 0.000000231. The number of nitrogens with one attached hydrogen (secondary N) is 1. The molecule has 3 aromatic rings. The Morgan fingerprint density at radius 3 is 1.58 bits per heavy atom. The van der Waals surface area contributed by atoms with Gasteiger partial charge in [-0.2, -0.15) is 0 Å². The number of ketones is 1. The lowest BCUT2D eigenvalue weighted by Crippen LogP contribution is -2.27. The summed E-state index contributed by atoms with van der Waals surface area (Å²) in [6.45, 7) is 1.28. The maximum absolute atomic E-state index is 11.2. The lowest BCUT2D eigenvalue weighted by Gasteiger charge is -2.22. The van der Waals surface area contributed by atoms with Crippen molar-refractivity contribution in [3.05, 3.63) is 90.5 Å². The van der Waals surface area contributed by atoms with E-state index >= 15 is 0 Å². The quantitative estimate of drug-likeness (QED) is 0.245. The molecule has 0 saturated heterocycles. The van der Waals surface area contributed by atoms with Gasteiger partial charge in [-0.3, -0.25) is 4.79 Å². The molecule has 0 aliphatic heterocycles. The van der Waals surface area contributed by atoms with Gasteiger partial charge in [0.25, 0.3) is 5.78 Å². The molecule has 3 aromatic carbocycles. The van der Waals surface area contributed by atoms with Crippen LogP contribution in [0.15, 0.2) is 84.9 Å². The number of carboxylic acid groups (broad SMARTS) is 1. The molecule has 162 valence electrons. The van der Waals surface area contributed by atoms with Gasteiger partial charge in [0.15, 0.2) is 0 Å². The summed E-state index contributed by atoms with van der Waals surface area (Å²) in [6.07, 6.45) is 0. The molecule has 0 atom stereocenters. The van der Waals surface area contributed by atoms with Crippen LogP contribution in [0, 0.1) is 0 Å². The first kappa shape index (κ1) is 24.3. The van der Waals surface area contributed by atoms with Crippen molar-refractivity contribution in [2.24, 2.45) is 0 Å². The van der Waals surface area contributed by atoms with Gasteiger partial charge in [-0.25, -0.2) is 4.79 Å². The number of anilines is 3.